The molecule has 3 rings (SSSR count). The molecule has 2 heterocycles. The van der Waals surface area contributed by atoms with Crippen LogP contribution in [0.15, 0.2) is 29.3 Å². The van der Waals surface area contributed by atoms with Gasteiger partial charge in [0.25, 0.3) is 0 Å². The van der Waals surface area contributed by atoms with Crippen LogP contribution in [0.3, 0.4) is 0 Å². The van der Waals surface area contributed by atoms with Crippen LogP contribution in [0.1, 0.15) is 23.9 Å². The van der Waals surface area contributed by atoms with Crippen LogP contribution in [0.2, 0.25) is 5.02 Å². The molecule has 152 valence electrons. The molecule has 2 aromatic rings. The average molecular weight is 403 g/mol. The van der Waals surface area contributed by atoms with E-state index in [4.69, 9.17) is 16.6 Å². The highest BCUT2D eigenvalue weighted by atomic mass is 35.5. The lowest BCUT2D eigenvalue weighted by molar-refractivity contribution is 0.372. The standard InChI is InChI=1S/C21H31ClN6/c1-5-23-21(24-11-10-18-16(2)25-26(4)17(18)3)28-14-12-27(13-15-28)20-9-7-6-8-19(20)22/h6-9H,5,10-15H2,1-4H3,(H,23,24). The van der Waals surface area contributed by atoms with Gasteiger partial charge in [-0.2, -0.15) is 5.10 Å². The van der Waals surface area contributed by atoms with Gasteiger partial charge in [-0.15, -0.1) is 0 Å². The van der Waals surface area contributed by atoms with Crippen molar-refractivity contribution in [1.82, 2.24) is 20.0 Å². The van der Waals surface area contributed by atoms with Crippen molar-refractivity contribution in [3.8, 4) is 0 Å². The Morgan fingerprint density at radius 3 is 2.50 bits per heavy atom. The first kappa shape index (κ1) is 20.5. The topological polar surface area (TPSA) is 48.7 Å². The number of anilines is 1. The minimum absolute atomic E-state index is 0.764. The van der Waals surface area contributed by atoms with Gasteiger partial charge in [0.15, 0.2) is 5.96 Å². The monoisotopic (exact) mass is 402 g/mol. The summed E-state index contributed by atoms with van der Waals surface area (Å²) in [5.41, 5.74) is 4.76. The fraction of sp³-hybridized carbons (Fsp3) is 0.524. The van der Waals surface area contributed by atoms with E-state index in [0.717, 1.165) is 68.1 Å². The molecular formula is C21H31ClN6. The number of piperazine rings is 1. The summed E-state index contributed by atoms with van der Waals surface area (Å²) in [6, 6.07) is 8.07. The molecule has 0 unspecified atom stereocenters. The van der Waals surface area contributed by atoms with Crippen LogP contribution in [0.25, 0.3) is 0 Å². The fourth-order valence-electron chi connectivity index (χ4n) is 3.75. The third-order valence-electron chi connectivity index (χ3n) is 5.39. The molecule has 1 aliphatic rings. The number of hydrogen-bond donors (Lipinski definition) is 1. The summed E-state index contributed by atoms with van der Waals surface area (Å²) in [6.07, 6.45) is 0.917. The van der Waals surface area contributed by atoms with Crippen LogP contribution < -0.4 is 10.2 Å². The first-order valence-corrected chi connectivity index (χ1v) is 10.4. The summed E-state index contributed by atoms with van der Waals surface area (Å²) < 4.78 is 1.95. The SMILES string of the molecule is CCNC(=NCCc1c(C)nn(C)c1C)N1CCN(c2ccccc2Cl)CC1. The predicted molar refractivity (Wildman–Crippen MR) is 118 cm³/mol. The number of aryl methyl sites for hydroxylation is 2. The molecule has 0 bridgehead atoms. The number of hydrogen-bond acceptors (Lipinski definition) is 3. The maximum Gasteiger partial charge on any atom is 0.194 e. The molecule has 0 aliphatic carbocycles. The Labute approximate surface area is 173 Å². The zero-order valence-corrected chi connectivity index (χ0v) is 18.1. The lowest BCUT2D eigenvalue weighted by Gasteiger charge is -2.38. The number of aromatic nitrogens is 2. The Hall–Kier alpha value is -2.21. The summed E-state index contributed by atoms with van der Waals surface area (Å²) in [5.74, 6) is 1.00. The summed E-state index contributed by atoms with van der Waals surface area (Å²) in [4.78, 5) is 9.59. The van der Waals surface area contributed by atoms with Gasteiger partial charge in [0.2, 0.25) is 0 Å². The highest BCUT2D eigenvalue weighted by molar-refractivity contribution is 6.33. The molecule has 1 saturated heterocycles. The lowest BCUT2D eigenvalue weighted by atomic mass is 10.1. The van der Waals surface area contributed by atoms with E-state index in [-0.39, 0.29) is 0 Å². The van der Waals surface area contributed by atoms with Gasteiger partial charge in [-0.25, -0.2) is 0 Å². The van der Waals surface area contributed by atoms with E-state index < -0.39 is 0 Å². The van der Waals surface area contributed by atoms with Crippen LogP contribution in [-0.4, -0.2) is 59.9 Å². The van der Waals surface area contributed by atoms with E-state index in [1.165, 1.54) is 11.3 Å². The van der Waals surface area contributed by atoms with Gasteiger partial charge in [-0.05, 0) is 44.9 Å². The number of benzene rings is 1. The first-order chi connectivity index (χ1) is 13.5. The van der Waals surface area contributed by atoms with Crippen molar-refractivity contribution in [2.75, 3.05) is 44.2 Å². The van der Waals surface area contributed by atoms with Crippen LogP contribution in [0.5, 0.6) is 0 Å². The Morgan fingerprint density at radius 2 is 1.89 bits per heavy atom. The van der Waals surface area contributed by atoms with Crippen molar-refractivity contribution in [2.45, 2.75) is 27.2 Å². The molecule has 0 atom stereocenters. The number of rotatable bonds is 5. The van der Waals surface area contributed by atoms with Crippen molar-refractivity contribution in [3.63, 3.8) is 0 Å². The molecule has 1 N–H and O–H groups in total. The van der Waals surface area contributed by atoms with Gasteiger partial charge in [0.05, 0.1) is 16.4 Å². The van der Waals surface area contributed by atoms with Gasteiger partial charge in [-0.3, -0.25) is 9.67 Å². The Morgan fingerprint density at radius 1 is 1.18 bits per heavy atom. The minimum atomic E-state index is 0.764. The molecule has 0 radical (unpaired) electrons. The Kier molecular flexibility index (Phi) is 6.83. The van der Waals surface area contributed by atoms with Crippen molar-refractivity contribution in [1.29, 1.82) is 0 Å². The van der Waals surface area contributed by atoms with Crippen LogP contribution in [0.4, 0.5) is 5.69 Å². The van der Waals surface area contributed by atoms with Crippen LogP contribution in [0, 0.1) is 13.8 Å². The molecule has 1 aliphatic heterocycles. The highest BCUT2D eigenvalue weighted by Crippen LogP contribution is 2.26. The third-order valence-corrected chi connectivity index (χ3v) is 5.71. The van der Waals surface area contributed by atoms with Crippen LogP contribution in [-0.2, 0) is 13.5 Å². The second-order valence-electron chi connectivity index (χ2n) is 7.18. The Bertz CT molecular complexity index is 820. The maximum atomic E-state index is 6.36. The van der Waals surface area contributed by atoms with Crippen molar-refractivity contribution in [3.05, 3.63) is 46.2 Å². The van der Waals surface area contributed by atoms with Crippen molar-refractivity contribution >= 4 is 23.2 Å². The van der Waals surface area contributed by atoms with Crippen molar-refractivity contribution < 1.29 is 0 Å². The molecule has 0 spiro atoms. The van der Waals surface area contributed by atoms with E-state index in [0.29, 0.717) is 0 Å². The first-order valence-electron chi connectivity index (χ1n) is 10.0. The predicted octanol–water partition coefficient (Wildman–Crippen LogP) is 3.02. The van der Waals surface area contributed by atoms with Gasteiger partial charge in [-0.1, -0.05) is 23.7 Å². The van der Waals surface area contributed by atoms with E-state index in [2.05, 4.69) is 47.1 Å². The van der Waals surface area contributed by atoms with Gasteiger partial charge in [0.1, 0.15) is 0 Å². The van der Waals surface area contributed by atoms with Gasteiger partial charge in [0, 0.05) is 52.0 Å². The summed E-state index contributed by atoms with van der Waals surface area (Å²) in [6.45, 7) is 11.7. The lowest BCUT2D eigenvalue weighted by Crippen LogP contribution is -2.52. The number of nitrogens with zero attached hydrogens (tertiary/aromatic N) is 5. The molecule has 6 nitrogen and oxygen atoms in total. The summed E-state index contributed by atoms with van der Waals surface area (Å²) in [5, 5.41) is 8.77. The molecule has 0 saturated carbocycles. The number of guanidine groups is 1. The summed E-state index contributed by atoms with van der Waals surface area (Å²) in [7, 11) is 2.00. The van der Waals surface area contributed by atoms with E-state index in [1.807, 2.05) is 29.9 Å². The van der Waals surface area contributed by atoms with Crippen LogP contribution >= 0.6 is 11.6 Å². The molecule has 28 heavy (non-hydrogen) atoms. The second-order valence-corrected chi connectivity index (χ2v) is 7.59. The molecule has 1 aromatic heterocycles. The maximum absolute atomic E-state index is 6.36. The number of nitrogens with one attached hydrogen (secondary N) is 1. The highest BCUT2D eigenvalue weighted by Gasteiger charge is 2.21. The molecular weight excluding hydrogens is 372 g/mol. The molecule has 0 amide bonds. The smallest absolute Gasteiger partial charge is 0.194 e. The Balaban J connectivity index is 1.61. The number of para-hydroxylation sites is 1. The normalized spacial score (nSPS) is 15.2. The third kappa shape index (κ3) is 4.61. The van der Waals surface area contributed by atoms with E-state index in [1.54, 1.807) is 0 Å². The van der Waals surface area contributed by atoms with Gasteiger partial charge < -0.3 is 15.1 Å². The number of aliphatic imine (C=N–C) groups is 1. The fourth-order valence-corrected chi connectivity index (χ4v) is 4.00. The largest absolute Gasteiger partial charge is 0.367 e. The van der Waals surface area contributed by atoms with Crippen molar-refractivity contribution in [2.24, 2.45) is 12.0 Å². The van der Waals surface area contributed by atoms with Gasteiger partial charge >= 0.3 is 0 Å². The second kappa shape index (κ2) is 9.32. The van der Waals surface area contributed by atoms with E-state index in [9.17, 15) is 0 Å². The zero-order valence-electron chi connectivity index (χ0n) is 17.4. The zero-order chi connectivity index (χ0) is 20.1. The molecule has 1 fully saturated rings. The van der Waals surface area contributed by atoms with E-state index >= 15 is 0 Å². The minimum Gasteiger partial charge on any atom is -0.367 e. The number of halogens is 1. The average Bonchev–Trinajstić information content (AvgIpc) is 2.94. The summed E-state index contributed by atoms with van der Waals surface area (Å²) >= 11 is 6.36. The quantitative estimate of drug-likeness (QED) is 0.617. The molecule has 7 heteroatoms. The molecule has 1 aromatic carbocycles.